The van der Waals surface area contributed by atoms with E-state index in [0.29, 0.717) is 11.3 Å². The normalized spacial score (nSPS) is 16.3. The van der Waals surface area contributed by atoms with Crippen LogP contribution in [0.1, 0.15) is 77.8 Å². The van der Waals surface area contributed by atoms with Gasteiger partial charge in [-0.1, -0.05) is 51.0 Å². The Labute approximate surface area is 248 Å². The number of pyridine rings is 1. The molecule has 0 saturated carbocycles. The third kappa shape index (κ3) is 5.00. The zero-order valence-corrected chi connectivity index (χ0v) is 24.8. The average molecular weight is 562 g/mol. The summed E-state index contributed by atoms with van der Waals surface area (Å²) in [4.78, 5) is 20.3. The van der Waals surface area contributed by atoms with Crippen molar-refractivity contribution in [3.8, 4) is 11.5 Å². The number of carbonyl (C=O) groups is 1. The third-order valence-electron chi connectivity index (χ3n) is 8.39. The van der Waals surface area contributed by atoms with Crippen molar-refractivity contribution >= 4 is 17.3 Å². The Bertz CT molecular complexity index is 1580. The number of aromatic nitrogens is 1. The van der Waals surface area contributed by atoms with Gasteiger partial charge in [0.15, 0.2) is 5.60 Å². The van der Waals surface area contributed by atoms with Crippen molar-refractivity contribution in [1.82, 2.24) is 4.98 Å². The first kappa shape index (κ1) is 27.8. The summed E-state index contributed by atoms with van der Waals surface area (Å²) < 4.78 is 13.1. The number of hydrogen-bond donors (Lipinski definition) is 1. The van der Waals surface area contributed by atoms with Crippen molar-refractivity contribution in [2.45, 2.75) is 58.5 Å². The number of nitrogens with zero attached hydrogens (tertiary/aromatic N) is 2. The lowest BCUT2D eigenvalue weighted by atomic mass is 9.77. The van der Waals surface area contributed by atoms with Crippen molar-refractivity contribution < 1.29 is 14.3 Å². The Kier molecular flexibility index (Phi) is 7.88. The lowest BCUT2D eigenvalue weighted by Crippen LogP contribution is -2.33. The van der Waals surface area contributed by atoms with E-state index in [0.717, 1.165) is 96.8 Å². The molecule has 0 fully saturated rings. The van der Waals surface area contributed by atoms with E-state index in [4.69, 9.17) is 9.47 Å². The zero-order chi connectivity index (χ0) is 29.1. The van der Waals surface area contributed by atoms with E-state index in [9.17, 15) is 4.79 Å². The van der Waals surface area contributed by atoms with Gasteiger partial charge in [0.2, 0.25) is 0 Å². The lowest BCUT2D eigenvalue weighted by molar-refractivity contribution is 0.0224. The third-order valence-corrected chi connectivity index (χ3v) is 8.39. The number of rotatable bonds is 11. The van der Waals surface area contributed by atoms with E-state index in [-0.39, 0.29) is 5.97 Å². The summed E-state index contributed by atoms with van der Waals surface area (Å²) in [5.74, 6) is 1.13. The summed E-state index contributed by atoms with van der Waals surface area (Å²) in [5.41, 5.74) is 6.27. The van der Waals surface area contributed by atoms with Gasteiger partial charge in [-0.15, -0.1) is 0 Å². The van der Waals surface area contributed by atoms with Gasteiger partial charge in [-0.05, 0) is 67.8 Å². The predicted molar refractivity (Wildman–Crippen MR) is 168 cm³/mol. The molecule has 0 saturated heterocycles. The van der Waals surface area contributed by atoms with Gasteiger partial charge in [0.25, 0.3) is 0 Å². The van der Waals surface area contributed by atoms with E-state index >= 15 is 0 Å². The standard InChI is InChI=1S/C36H39N3O3/c1-4-6-20-39(21-7-5-2)27-15-16-30-34(23-27)41-33-22-25(3)32(38-19-17-26-12-10-11-18-37-26)24-31(33)36(30)29-14-9-8-13-28(29)35(40)42-36/h8-16,18,22-24,38H,4-7,17,19-21H2,1-3H3. The van der Waals surface area contributed by atoms with Crippen LogP contribution in [0.25, 0.3) is 0 Å². The van der Waals surface area contributed by atoms with Crippen molar-refractivity contribution in [1.29, 1.82) is 0 Å². The van der Waals surface area contributed by atoms with Crippen molar-refractivity contribution in [3.63, 3.8) is 0 Å². The van der Waals surface area contributed by atoms with E-state index in [1.54, 1.807) is 0 Å². The van der Waals surface area contributed by atoms with E-state index in [1.165, 1.54) is 0 Å². The van der Waals surface area contributed by atoms with Crippen molar-refractivity contribution in [2.24, 2.45) is 0 Å². The smallest absolute Gasteiger partial charge is 0.340 e. The summed E-state index contributed by atoms with van der Waals surface area (Å²) >= 11 is 0. The highest BCUT2D eigenvalue weighted by atomic mass is 16.6. The highest BCUT2D eigenvalue weighted by Crippen LogP contribution is 2.57. The number of hydrogen-bond acceptors (Lipinski definition) is 6. The van der Waals surface area contributed by atoms with Crippen LogP contribution in [-0.4, -0.2) is 30.6 Å². The maximum absolute atomic E-state index is 13.4. The molecule has 42 heavy (non-hydrogen) atoms. The fourth-order valence-electron chi connectivity index (χ4n) is 6.13. The number of nitrogens with one attached hydrogen (secondary N) is 1. The number of benzene rings is 3. The average Bonchev–Trinajstić information content (AvgIpc) is 3.31. The summed E-state index contributed by atoms with van der Waals surface area (Å²) in [6, 6.07) is 24.3. The number of fused-ring (bicyclic) bond motifs is 6. The molecule has 0 radical (unpaired) electrons. The highest BCUT2D eigenvalue weighted by Gasteiger charge is 2.53. The van der Waals surface area contributed by atoms with Crippen LogP contribution in [0.5, 0.6) is 11.5 Å². The Morgan fingerprint density at radius 3 is 2.38 bits per heavy atom. The van der Waals surface area contributed by atoms with Gasteiger partial charge in [0.1, 0.15) is 11.5 Å². The van der Waals surface area contributed by atoms with Gasteiger partial charge in [-0.25, -0.2) is 4.79 Å². The maximum Gasteiger partial charge on any atom is 0.340 e. The summed E-state index contributed by atoms with van der Waals surface area (Å²) in [6.07, 6.45) is 7.18. The summed E-state index contributed by atoms with van der Waals surface area (Å²) in [7, 11) is 0. The second kappa shape index (κ2) is 11.9. The Balaban J connectivity index is 1.43. The van der Waals surface area contributed by atoms with E-state index in [1.807, 2.05) is 48.7 Å². The van der Waals surface area contributed by atoms with Crippen LogP contribution in [0, 0.1) is 6.92 Å². The second-order valence-electron chi connectivity index (χ2n) is 11.3. The number of esters is 1. The van der Waals surface area contributed by atoms with Gasteiger partial charge < -0.3 is 19.7 Å². The molecule has 1 spiro atoms. The second-order valence-corrected chi connectivity index (χ2v) is 11.3. The number of ether oxygens (including phenoxy) is 2. The lowest BCUT2D eigenvalue weighted by Gasteiger charge is -2.38. The molecule has 3 heterocycles. The molecule has 4 aromatic rings. The van der Waals surface area contributed by atoms with E-state index < -0.39 is 5.60 Å². The molecule has 2 aliphatic heterocycles. The van der Waals surface area contributed by atoms with Crippen LogP contribution in [0.15, 0.2) is 79.0 Å². The molecular formula is C36H39N3O3. The first-order valence-electron chi connectivity index (χ1n) is 15.2. The van der Waals surface area contributed by atoms with Gasteiger partial charge in [-0.3, -0.25) is 4.98 Å². The van der Waals surface area contributed by atoms with Crippen molar-refractivity contribution in [3.05, 3.63) is 113 Å². The molecule has 0 aliphatic carbocycles. The van der Waals surface area contributed by atoms with Gasteiger partial charge in [-0.2, -0.15) is 0 Å². The van der Waals surface area contributed by atoms with Crippen LogP contribution in [0.3, 0.4) is 0 Å². The molecule has 3 aromatic carbocycles. The van der Waals surface area contributed by atoms with Crippen LogP contribution < -0.4 is 15.0 Å². The minimum Gasteiger partial charge on any atom is -0.456 e. The fraction of sp³-hybridized carbons (Fsp3) is 0.333. The minimum atomic E-state index is -1.09. The topological polar surface area (TPSA) is 63.7 Å². The number of aryl methyl sites for hydroxylation is 1. The van der Waals surface area contributed by atoms with Gasteiger partial charge in [0, 0.05) is 72.1 Å². The predicted octanol–water partition coefficient (Wildman–Crippen LogP) is 8.02. The molecule has 2 aliphatic rings. The molecule has 1 atom stereocenters. The summed E-state index contributed by atoms with van der Waals surface area (Å²) in [6.45, 7) is 9.27. The number of carbonyl (C=O) groups excluding carboxylic acids is 1. The molecule has 0 bridgehead atoms. The molecule has 6 heteroatoms. The molecule has 216 valence electrons. The molecular weight excluding hydrogens is 522 g/mol. The molecule has 6 rings (SSSR count). The maximum atomic E-state index is 13.4. The highest BCUT2D eigenvalue weighted by molar-refractivity contribution is 5.97. The van der Waals surface area contributed by atoms with Crippen LogP contribution in [-0.2, 0) is 16.8 Å². The van der Waals surface area contributed by atoms with Gasteiger partial charge in [0.05, 0.1) is 5.56 Å². The van der Waals surface area contributed by atoms with Crippen LogP contribution in [0.2, 0.25) is 0 Å². The fourth-order valence-corrected chi connectivity index (χ4v) is 6.13. The minimum absolute atomic E-state index is 0.314. The van der Waals surface area contributed by atoms with Crippen molar-refractivity contribution in [2.75, 3.05) is 29.9 Å². The molecule has 0 amide bonds. The SMILES string of the molecule is CCCCN(CCCC)c1ccc2c(c1)Oc1cc(C)c(NCCc3ccccn3)cc1C21OC(=O)c2ccccc21. The molecule has 1 unspecified atom stereocenters. The molecule has 1 N–H and O–H groups in total. The Morgan fingerprint density at radius 1 is 0.857 bits per heavy atom. The zero-order valence-electron chi connectivity index (χ0n) is 24.8. The number of anilines is 2. The van der Waals surface area contributed by atoms with Gasteiger partial charge >= 0.3 is 5.97 Å². The Hall–Kier alpha value is -4.32. The molecule has 6 nitrogen and oxygen atoms in total. The quantitative estimate of drug-likeness (QED) is 0.187. The molecule has 1 aromatic heterocycles. The largest absolute Gasteiger partial charge is 0.456 e. The summed E-state index contributed by atoms with van der Waals surface area (Å²) in [5, 5.41) is 3.60. The van der Waals surface area contributed by atoms with E-state index in [2.05, 4.69) is 66.3 Å². The van der Waals surface area contributed by atoms with Crippen LogP contribution >= 0.6 is 0 Å². The first-order chi connectivity index (χ1) is 20.5. The van der Waals surface area contributed by atoms with Crippen LogP contribution in [0.4, 0.5) is 11.4 Å². The Morgan fingerprint density at radius 2 is 1.62 bits per heavy atom. The number of unbranched alkanes of at least 4 members (excludes halogenated alkanes) is 2. The first-order valence-corrected chi connectivity index (χ1v) is 15.2. The monoisotopic (exact) mass is 561 g/mol.